The Hall–Kier alpha value is -2.09. The van der Waals surface area contributed by atoms with Crippen LogP contribution in [-0.4, -0.2) is 46.7 Å². The molecule has 0 radical (unpaired) electrons. The topological polar surface area (TPSA) is 67.9 Å². The normalized spacial score (nSPS) is 16.0. The molecule has 0 fully saturated rings. The molecule has 1 aliphatic rings. The molecule has 7 heteroatoms. The van der Waals surface area contributed by atoms with Gasteiger partial charge < -0.3 is 9.47 Å². The molecule has 0 amide bonds. The molecule has 2 aromatic carbocycles. The van der Waals surface area contributed by atoms with E-state index in [1.807, 2.05) is 0 Å². The summed E-state index contributed by atoms with van der Waals surface area (Å²) < 4.78 is 40.1. The minimum Gasteiger partial charge on any atom is -0.497 e. The first-order valence-electron chi connectivity index (χ1n) is 10.2. The van der Waals surface area contributed by atoms with E-state index in [0.717, 1.165) is 19.5 Å². The number of fused-ring (bicyclic) bond motifs is 1. The summed E-state index contributed by atoms with van der Waals surface area (Å²) >= 11 is 0. The lowest BCUT2D eigenvalue weighted by atomic mass is 9.86. The number of methoxy groups -OCH3 is 2. The lowest BCUT2D eigenvalue weighted by Crippen LogP contribution is -2.51. The molecule has 0 unspecified atom stereocenters. The highest BCUT2D eigenvalue weighted by atomic mass is 32.2. The Kier molecular flexibility index (Phi) is 6.75. The second kappa shape index (κ2) is 8.96. The van der Waals surface area contributed by atoms with Crippen molar-refractivity contribution >= 4 is 10.0 Å². The molecule has 1 heterocycles. The highest BCUT2D eigenvalue weighted by Gasteiger charge is 2.33. The molecule has 0 bridgehead atoms. The summed E-state index contributed by atoms with van der Waals surface area (Å²) in [6.45, 7) is 8.53. The number of hydrogen-bond acceptors (Lipinski definition) is 5. The third kappa shape index (κ3) is 5.14. The third-order valence-electron chi connectivity index (χ3n) is 5.65. The Morgan fingerprint density at radius 3 is 2.40 bits per heavy atom. The van der Waals surface area contributed by atoms with Crippen LogP contribution >= 0.6 is 0 Å². The predicted octanol–water partition coefficient (Wildman–Crippen LogP) is 3.46. The first kappa shape index (κ1) is 22.6. The molecule has 3 rings (SSSR count). The fourth-order valence-electron chi connectivity index (χ4n) is 3.70. The van der Waals surface area contributed by atoms with Crippen molar-refractivity contribution in [1.29, 1.82) is 0 Å². The van der Waals surface area contributed by atoms with Crippen molar-refractivity contribution in [2.75, 3.05) is 27.3 Å². The van der Waals surface area contributed by atoms with Crippen LogP contribution in [0.1, 0.15) is 31.9 Å². The van der Waals surface area contributed by atoms with Crippen molar-refractivity contribution in [2.24, 2.45) is 5.41 Å². The van der Waals surface area contributed by atoms with Crippen LogP contribution in [-0.2, 0) is 23.0 Å². The molecule has 1 aliphatic heterocycles. The Bertz CT molecular complexity index is 983. The molecule has 0 spiro atoms. The van der Waals surface area contributed by atoms with E-state index in [1.165, 1.54) is 31.4 Å². The van der Waals surface area contributed by atoms with Crippen LogP contribution in [0, 0.1) is 5.41 Å². The molecular weight excluding hydrogens is 400 g/mol. The van der Waals surface area contributed by atoms with Crippen molar-refractivity contribution < 1.29 is 17.9 Å². The standard InChI is InChI=1S/C23H32N2O4S/c1-23(2,3)22(16-25-13-12-17-8-6-7-9-18(17)15-25)24-30(26,27)21-14-19(28-4)10-11-20(21)29-5/h6-11,14,22,24H,12-13,15-16H2,1-5H3/t22-/m0/s1. The summed E-state index contributed by atoms with van der Waals surface area (Å²) in [6.07, 6.45) is 0.976. The Balaban J connectivity index is 1.84. The summed E-state index contributed by atoms with van der Waals surface area (Å²) in [7, 11) is -0.834. The highest BCUT2D eigenvalue weighted by Crippen LogP contribution is 2.30. The number of nitrogens with one attached hydrogen (secondary N) is 1. The highest BCUT2D eigenvalue weighted by molar-refractivity contribution is 7.89. The van der Waals surface area contributed by atoms with E-state index < -0.39 is 10.0 Å². The van der Waals surface area contributed by atoms with Crippen LogP contribution < -0.4 is 14.2 Å². The molecule has 2 aromatic rings. The number of rotatable bonds is 7. The summed E-state index contributed by atoms with van der Waals surface area (Å²) in [6, 6.07) is 13.0. The largest absolute Gasteiger partial charge is 0.497 e. The smallest absolute Gasteiger partial charge is 0.244 e. The van der Waals surface area contributed by atoms with Crippen LogP contribution in [0.15, 0.2) is 47.4 Å². The van der Waals surface area contributed by atoms with Gasteiger partial charge in [-0.2, -0.15) is 0 Å². The van der Waals surface area contributed by atoms with Crippen molar-refractivity contribution in [2.45, 2.75) is 44.7 Å². The molecule has 164 valence electrons. The molecule has 1 N–H and O–H groups in total. The van der Waals surface area contributed by atoms with Crippen molar-refractivity contribution in [3.63, 3.8) is 0 Å². The first-order valence-corrected chi connectivity index (χ1v) is 11.7. The van der Waals surface area contributed by atoms with Gasteiger partial charge in [-0.15, -0.1) is 0 Å². The SMILES string of the molecule is COc1ccc(OC)c(S(=O)(=O)N[C@@H](CN2CCc3ccccc3C2)C(C)(C)C)c1. The number of nitrogens with zero attached hydrogens (tertiary/aromatic N) is 1. The molecule has 1 atom stereocenters. The summed E-state index contributed by atoms with van der Waals surface area (Å²) in [4.78, 5) is 2.41. The molecule has 0 saturated heterocycles. The quantitative estimate of drug-likeness (QED) is 0.726. The van der Waals surface area contributed by atoms with Crippen molar-refractivity contribution in [3.8, 4) is 11.5 Å². The number of benzene rings is 2. The Labute approximate surface area is 180 Å². The van der Waals surface area contributed by atoms with Gasteiger partial charge >= 0.3 is 0 Å². The lowest BCUT2D eigenvalue weighted by Gasteiger charge is -2.37. The van der Waals surface area contributed by atoms with Crippen LogP contribution in [0.3, 0.4) is 0 Å². The van der Waals surface area contributed by atoms with Gasteiger partial charge in [0.25, 0.3) is 0 Å². The fourth-order valence-corrected chi connectivity index (χ4v) is 5.32. The van der Waals surface area contributed by atoms with E-state index in [1.54, 1.807) is 12.1 Å². The van der Waals surface area contributed by atoms with Crippen molar-refractivity contribution in [1.82, 2.24) is 9.62 Å². The van der Waals surface area contributed by atoms with Crippen LogP contribution in [0.25, 0.3) is 0 Å². The number of sulfonamides is 1. The second-order valence-electron chi connectivity index (χ2n) is 8.81. The Morgan fingerprint density at radius 1 is 1.07 bits per heavy atom. The zero-order chi connectivity index (χ0) is 21.9. The zero-order valence-corrected chi connectivity index (χ0v) is 19.3. The van der Waals surface area contributed by atoms with E-state index in [0.29, 0.717) is 18.0 Å². The van der Waals surface area contributed by atoms with Gasteiger partial charge in [0.05, 0.1) is 14.2 Å². The maximum atomic E-state index is 13.3. The van der Waals surface area contributed by atoms with Gasteiger partial charge in [-0.25, -0.2) is 13.1 Å². The van der Waals surface area contributed by atoms with Gasteiger partial charge in [0.1, 0.15) is 16.4 Å². The van der Waals surface area contributed by atoms with Gasteiger partial charge in [-0.3, -0.25) is 4.90 Å². The van der Waals surface area contributed by atoms with Crippen LogP contribution in [0.4, 0.5) is 0 Å². The average Bonchev–Trinajstić information content (AvgIpc) is 2.72. The second-order valence-corrected chi connectivity index (χ2v) is 10.5. The van der Waals surface area contributed by atoms with E-state index in [4.69, 9.17) is 9.47 Å². The molecule has 0 saturated carbocycles. The molecule has 0 aromatic heterocycles. The maximum Gasteiger partial charge on any atom is 0.244 e. The maximum absolute atomic E-state index is 13.3. The zero-order valence-electron chi connectivity index (χ0n) is 18.4. The van der Waals surface area contributed by atoms with Gasteiger partial charge in [-0.05, 0) is 35.1 Å². The third-order valence-corrected chi connectivity index (χ3v) is 7.15. The minimum atomic E-state index is -3.81. The lowest BCUT2D eigenvalue weighted by molar-refractivity contribution is 0.176. The summed E-state index contributed by atoms with van der Waals surface area (Å²) in [5.41, 5.74) is 2.42. The average molecular weight is 433 g/mol. The summed E-state index contributed by atoms with van der Waals surface area (Å²) in [5, 5.41) is 0. The molecule has 30 heavy (non-hydrogen) atoms. The molecule has 6 nitrogen and oxygen atoms in total. The van der Waals surface area contributed by atoms with E-state index in [-0.39, 0.29) is 16.4 Å². The van der Waals surface area contributed by atoms with E-state index in [9.17, 15) is 8.42 Å². The number of ether oxygens (including phenoxy) is 2. The predicted molar refractivity (Wildman–Crippen MR) is 119 cm³/mol. The van der Waals surface area contributed by atoms with Gasteiger partial charge in [-0.1, -0.05) is 45.0 Å². The van der Waals surface area contributed by atoms with Gasteiger partial charge in [0.2, 0.25) is 10.0 Å². The minimum absolute atomic E-state index is 0.0857. The number of hydrogen-bond donors (Lipinski definition) is 1. The first-order chi connectivity index (χ1) is 14.1. The summed E-state index contributed by atoms with van der Waals surface area (Å²) in [5.74, 6) is 0.763. The van der Waals surface area contributed by atoms with Crippen molar-refractivity contribution in [3.05, 3.63) is 53.6 Å². The van der Waals surface area contributed by atoms with Crippen LogP contribution in [0.2, 0.25) is 0 Å². The molecular formula is C23H32N2O4S. The molecule has 0 aliphatic carbocycles. The van der Waals surface area contributed by atoms with Crippen LogP contribution in [0.5, 0.6) is 11.5 Å². The Morgan fingerprint density at radius 2 is 1.77 bits per heavy atom. The van der Waals surface area contributed by atoms with Gasteiger partial charge in [0.15, 0.2) is 0 Å². The van der Waals surface area contributed by atoms with E-state index in [2.05, 4.69) is 54.7 Å². The fraction of sp³-hybridized carbons (Fsp3) is 0.478. The van der Waals surface area contributed by atoms with E-state index >= 15 is 0 Å². The van der Waals surface area contributed by atoms with Gasteiger partial charge in [0, 0.05) is 31.7 Å². The monoisotopic (exact) mass is 432 g/mol.